The number of carbonyl (C=O) groups excluding carboxylic acids is 7. The number of likely N-dealkylation sites (tertiary alicyclic amines) is 2. The maximum Gasteiger partial charge on any atom is 0.343 e. The van der Waals surface area contributed by atoms with Gasteiger partial charge in [-0.2, -0.15) is 10.1 Å². The topological polar surface area (TPSA) is 225 Å². The Morgan fingerprint density at radius 3 is 2.07 bits per heavy atom. The molecule has 2 aromatic carbocycles. The number of aromatic nitrogens is 4. The van der Waals surface area contributed by atoms with Crippen molar-refractivity contribution in [3.63, 3.8) is 0 Å². The van der Waals surface area contributed by atoms with Crippen LogP contribution in [0.5, 0.6) is 0 Å². The molecule has 0 bridgehead atoms. The van der Waals surface area contributed by atoms with Gasteiger partial charge in [-0.3, -0.25) is 48.6 Å². The molecule has 7 heterocycles. The summed E-state index contributed by atoms with van der Waals surface area (Å²) in [6.07, 6.45) is 12.7. The molecule has 4 aromatic rings. The van der Waals surface area contributed by atoms with Gasteiger partial charge in [-0.1, -0.05) is 6.07 Å². The average molecular weight is 997 g/mol. The van der Waals surface area contributed by atoms with Crippen LogP contribution in [-0.2, 0) is 21.4 Å². The first-order valence-electron chi connectivity index (χ1n) is 26.0. The summed E-state index contributed by atoms with van der Waals surface area (Å²) in [5.74, 6) is -0.950. The lowest BCUT2D eigenvalue weighted by atomic mass is 9.87. The van der Waals surface area contributed by atoms with Crippen molar-refractivity contribution in [1.82, 2.24) is 49.6 Å². The van der Waals surface area contributed by atoms with E-state index in [2.05, 4.69) is 40.8 Å². The number of hydrogen-bond acceptors (Lipinski definition) is 15. The zero-order valence-corrected chi connectivity index (χ0v) is 41.6. The third kappa shape index (κ3) is 10.9. The van der Waals surface area contributed by atoms with Gasteiger partial charge < -0.3 is 30.1 Å². The van der Waals surface area contributed by atoms with Gasteiger partial charge in [0.1, 0.15) is 17.4 Å². The van der Waals surface area contributed by atoms with Crippen molar-refractivity contribution in [2.45, 2.75) is 95.2 Å². The predicted octanol–water partition coefficient (Wildman–Crippen LogP) is 4.44. The van der Waals surface area contributed by atoms with Crippen LogP contribution in [0.25, 0.3) is 0 Å². The Balaban J connectivity index is 0.637. The zero-order chi connectivity index (χ0) is 50.8. The fourth-order valence-corrected chi connectivity index (χ4v) is 11.6. The molecule has 1 atom stereocenters. The summed E-state index contributed by atoms with van der Waals surface area (Å²) < 4.78 is 6.97. The number of hydrogen-bond donors (Lipinski definition) is 3. The van der Waals surface area contributed by atoms with Crippen LogP contribution in [0.3, 0.4) is 0 Å². The molecule has 6 amide bonds. The molecule has 20 nitrogen and oxygen atoms in total. The Bertz CT molecular complexity index is 2750. The van der Waals surface area contributed by atoms with E-state index in [1.165, 1.54) is 6.20 Å². The molecule has 73 heavy (non-hydrogen) atoms. The number of anilines is 3. The maximum atomic E-state index is 13.7. The molecule has 384 valence electrons. The summed E-state index contributed by atoms with van der Waals surface area (Å²) in [4.78, 5) is 110. The number of nitrogens with one attached hydrogen (secondary N) is 3. The molecular weight excluding hydrogens is 933 g/mol. The highest BCUT2D eigenvalue weighted by Crippen LogP contribution is 2.35. The molecule has 20 heteroatoms. The highest BCUT2D eigenvalue weighted by molar-refractivity contribution is 6.23. The summed E-state index contributed by atoms with van der Waals surface area (Å²) >= 11 is 0. The van der Waals surface area contributed by atoms with Gasteiger partial charge >= 0.3 is 5.97 Å². The summed E-state index contributed by atoms with van der Waals surface area (Å²) in [6.45, 7) is 9.04. The van der Waals surface area contributed by atoms with Crippen molar-refractivity contribution < 1.29 is 38.3 Å². The smallest absolute Gasteiger partial charge is 0.343 e. The number of carbonyl (C=O) groups is 7. The Kier molecular flexibility index (Phi) is 14.6. The summed E-state index contributed by atoms with van der Waals surface area (Å²) in [5.41, 5.74) is 3.85. The van der Waals surface area contributed by atoms with Gasteiger partial charge in [0.2, 0.25) is 17.8 Å². The van der Waals surface area contributed by atoms with E-state index in [1.807, 2.05) is 35.2 Å². The monoisotopic (exact) mass is 996 g/mol. The standard InChI is InChI=1S/C53H64N12O8/c1-3-73-52(72)43-30-54-53(57-39-29-55-60(2)32-39)59-46(43)56-38-9-11-40(12-10-38)62-24-26-64(27-25-62)49(69)36-6-4-35(5-7-36)48(68)63-22-16-33(17-23-63)31-61-20-18-34(19-21-61)37-8-13-41-42(28-37)51(71)65(50(41)70)44-14-15-45(66)58-47(44)67/h4-8,13,28-30,32-34,38,40,44H,3,9-12,14-27,31H2,1-2H3,(H,58,66,67)(H2,54,56,57,59). The van der Waals surface area contributed by atoms with Crippen molar-refractivity contribution in [2.24, 2.45) is 13.0 Å². The van der Waals surface area contributed by atoms with Gasteiger partial charge in [0.15, 0.2) is 0 Å². The highest BCUT2D eigenvalue weighted by Gasteiger charge is 2.45. The van der Waals surface area contributed by atoms with E-state index in [-0.39, 0.29) is 43.2 Å². The molecule has 1 unspecified atom stereocenters. The first-order chi connectivity index (χ1) is 35.4. The van der Waals surface area contributed by atoms with Crippen molar-refractivity contribution in [1.29, 1.82) is 0 Å². The molecule has 0 radical (unpaired) electrons. The Hall–Kier alpha value is -7.06. The number of imide groups is 2. The molecule has 4 saturated heterocycles. The molecule has 1 saturated carbocycles. The lowest BCUT2D eigenvalue weighted by molar-refractivity contribution is -0.136. The van der Waals surface area contributed by atoms with Gasteiger partial charge in [-0.25, -0.2) is 9.78 Å². The van der Waals surface area contributed by atoms with Gasteiger partial charge in [0.05, 0.1) is 29.6 Å². The minimum absolute atomic E-state index is 0.00868. The molecule has 5 aliphatic heterocycles. The molecule has 10 rings (SSSR count). The molecule has 2 aromatic heterocycles. The lowest BCUT2D eigenvalue weighted by Crippen LogP contribution is -2.54. The number of rotatable bonds is 13. The number of amides is 6. The number of nitrogens with zero attached hydrogens (tertiary/aromatic N) is 9. The van der Waals surface area contributed by atoms with E-state index in [1.54, 1.807) is 48.1 Å². The number of fused-ring (bicyclic) bond motifs is 1. The fraction of sp³-hybridized carbons (Fsp3) is 0.509. The van der Waals surface area contributed by atoms with E-state index < -0.39 is 35.6 Å². The second-order valence-electron chi connectivity index (χ2n) is 20.3. The van der Waals surface area contributed by atoms with Crippen LogP contribution in [-0.4, -0.2) is 169 Å². The number of ether oxygens (including phenoxy) is 1. The van der Waals surface area contributed by atoms with Gasteiger partial charge in [0.25, 0.3) is 23.6 Å². The SMILES string of the molecule is CCOC(=O)c1cnc(Nc2cnn(C)c2)nc1NC1CCC(N2CCN(C(=O)c3ccc(C(=O)N4CCC(CN5CCC(c6ccc7c(c6)C(=O)N(C6CCC(=O)NC6=O)C7=O)CC5)CC4)cc3)CC2)CC1. The molecule has 3 N–H and O–H groups in total. The number of esters is 1. The van der Waals surface area contributed by atoms with E-state index in [9.17, 15) is 33.6 Å². The van der Waals surface area contributed by atoms with E-state index in [4.69, 9.17) is 4.74 Å². The van der Waals surface area contributed by atoms with E-state index in [0.717, 1.165) is 100 Å². The number of aryl methyl sites for hydroxylation is 1. The summed E-state index contributed by atoms with van der Waals surface area (Å²) in [6, 6.07) is 12.1. The number of piperidine rings is 3. The molecular formula is C53H64N12O8. The zero-order valence-electron chi connectivity index (χ0n) is 41.6. The second-order valence-corrected chi connectivity index (χ2v) is 20.3. The molecule has 0 spiro atoms. The van der Waals surface area contributed by atoms with Crippen molar-refractivity contribution in [2.75, 3.05) is 76.1 Å². The van der Waals surface area contributed by atoms with Gasteiger partial charge in [0, 0.05) is 94.9 Å². The Labute approximate surface area is 424 Å². The van der Waals surface area contributed by atoms with Crippen LogP contribution in [0.1, 0.15) is 134 Å². The minimum atomic E-state index is -0.979. The summed E-state index contributed by atoms with van der Waals surface area (Å²) in [7, 11) is 1.83. The Morgan fingerprint density at radius 1 is 0.753 bits per heavy atom. The largest absolute Gasteiger partial charge is 0.462 e. The number of benzene rings is 2. The fourth-order valence-electron chi connectivity index (χ4n) is 11.6. The quantitative estimate of drug-likeness (QED) is 0.124. The lowest BCUT2D eigenvalue weighted by Gasteiger charge is -2.42. The maximum absolute atomic E-state index is 13.7. The van der Waals surface area contributed by atoms with Crippen LogP contribution in [0.15, 0.2) is 61.1 Å². The molecule has 6 aliphatic rings. The Morgan fingerprint density at radius 2 is 1.42 bits per heavy atom. The average Bonchev–Trinajstić information content (AvgIpc) is 3.93. The normalized spacial score (nSPS) is 22.5. The van der Waals surface area contributed by atoms with Crippen molar-refractivity contribution >= 4 is 58.9 Å². The minimum Gasteiger partial charge on any atom is -0.462 e. The molecule has 1 aliphatic carbocycles. The number of piperazine rings is 1. The van der Waals surface area contributed by atoms with Crippen LogP contribution >= 0.6 is 0 Å². The van der Waals surface area contributed by atoms with Crippen LogP contribution in [0.4, 0.5) is 17.5 Å². The van der Waals surface area contributed by atoms with Crippen LogP contribution in [0.2, 0.25) is 0 Å². The van der Waals surface area contributed by atoms with Crippen LogP contribution < -0.4 is 16.0 Å². The van der Waals surface area contributed by atoms with Gasteiger partial charge in [-0.15, -0.1) is 0 Å². The van der Waals surface area contributed by atoms with Crippen molar-refractivity contribution in [3.8, 4) is 0 Å². The summed E-state index contributed by atoms with van der Waals surface area (Å²) in [5, 5.41) is 13.1. The predicted molar refractivity (Wildman–Crippen MR) is 268 cm³/mol. The van der Waals surface area contributed by atoms with Gasteiger partial charge in [-0.05, 0) is 132 Å². The van der Waals surface area contributed by atoms with E-state index in [0.29, 0.717) is 77.7 Å². The third-order valence-electron chi connectivity index (χ3n) is 15.7. The first-order valence-corrected chi connectivity index (χ1v) is 26.0. The van der Waals surface area contributed by atoms with Crippen LogP contribution in [0, 0.1) is 5.92 Å². The first kappa shape index (κ1) is 49.5. The second kappa shape index (κ2) is 21.6. The molecule has 5 fully saturated rings. The van der Waals surface area contributed by atoms with E-state index >= 15 is 0 Å². The van der Waals surface area contributed by atoms with Crippen molar-refractivity contribution in [3.05, 3.63) is 94.4 Å². The third-order valence-corrected chi connectivity index (χ3v) is 15.7. The highest BCUT2D eigenvalue weighted by atomic mass is 16.5.